The monoisotopic (exact) mass is 252 g/mol. The molecule has 0 aromatic heterocycles. The Kier molecular flexibility index (Phi) is 4.01. The van der Waals surface area contributed by atoms with Crippen LogP contribution in [0.15, 0.2) is 18.2 Å². The average Bonchev–Trinajstić information content (AvgIpc) is 2.38. The number of benzene rings is 1. The lowest BCUT2D eigenvalue weighted by molar-refractivity contribution is -0.0818. The van der Waals surface area contributed by atoms with Gasteiger partial charge >= 0.3 is 5.97 Å². The predicted molar refractivity (Wildman–Crippen MR) is 66.9 cm³/mol. The second kappa shape index (κ2) is 5.70. The molecule has 0 amide bonds. The van der Waals surface area contributed by atoms with Crippen LogP contribution in [0.3, 0.4) is 0 Å². The fraction of sp³-hybridized carbons (Fsp3) is 0.417. The quantitative estimate of drug-likeness (QED) is 0.686. The van der Waals surface area contributed by atoms with Crippen LogP contribution in [0.5, 0.6) is 0 Å². The van der Waals surface area contributed by atoms with Crippen LogP contribution in [-0.2, 0) is 9.47 Å². The summed E-state index contributed by atoms with van der Waals surface area (Å²) in [6, 6.07) is 4.83. The first-order valence-electron chi connectivity index (χ1n) is 5.73. The van der Waals surface area contributed by atoms with Crippen molar-refractivity contribution >= 4 is 17.3 Å². The molecule has 1 heterocycles. The number of nitrogens with two attached hydrogens (primary N) is 1. The zero-order valence-corrected chi connectivity index (χ0v) is 9.89. The molecule has 6 nitrogen and oxygen atoms in total. The molecule has 1 saturated heterocycles. The molecule has 1 aliphatic heterocycles. The van der Waals surface area contributed by atoms with Crippen LogP contribution in [0.2, 0.25) is 0 Å². The molecule has 2 rings (SSSR count). The van der Waals surface area contributed by atoms with E-state index >= 15 is 0 Å². The van der Waals surface area contributed by atoms with Gasteiger partial charge in [-0.3, -0.25) is 0 Å². The number of aromatic carboxylic acids is 1. The summed E-state index contributed by atoms with van der Waals surface area (Å²) in [5.74, 6) is -1.03. The predicted octanol–water partition coefficient (Wildman–Crippen LogP) is 0.794. The van der Waals surface area contributed by atoms with Crippen molar-refractivity contribution in [3.05, 3.63) is 23.8 Å². The number of anilines is 2. The summed E-state index contributed by atoms with van der Waals surface area (Å²) in [5.41, 5.74) is 6.63. The van der Waals surface area contributed by atoms with Crippen LogP contribution < -0.4 is 11.1 Å². The largest absolute Gasteiger partial charge is 0.478 e. The van der Waals surface area contributed by atoms with Crippen molar-refractivity contribution in [2.45, 2.75) is 6.10 Å². The van der Waals surface area contributed by atoms with Gasteiger partial charge in [0.15, 0.2) is 0 Å². The van der Waals surface area contributed by atoms with E-state index in [1.54, 1.807) is 12.1 Å². The number of nitrogens with one attached hydrogen (secondary N) is 1. The second-order valence-corrected chi connectivity index (χ2v) is 4.06. The van der Waals surface area contributed by atoms with Crippen molar-refractivity contribution in [2.75, 3.05) is 37.4 Å². The Morgan fingerprint density at radius 3 is 3.00 bits per heavy atom. The minimum atomic E-state index is -1.03. The van der Waals surface area contributed by atoms with Crippen LogP contribution in [0.1, 0.15) is 10.4 Å². The van der Waals surface area contributed by atoms with E-state index in [4.69, 9.17) is 20.3 Å². The first-order valence-corrected chi connectivity index (χ1v) is 5.73. The smallest absolute Gasteiger partial charge is 0.337 e. The maximum atomic E-state index is 10.9. The Labute approximate surface area is 105 Å². The summed E-state index contributed by atoms with van der Waals surface area (Å²) >= 11 is 0. The third-order valence-corrected chi connectivity index (χ3v) is 2.70. The number of hydrogen-bond acceptors (Lipinski definition) is 5. The van der Waals surface area contributed by atoms with Crippen LogP contribution >= 0.6 is 0 Å². The number of ether oxygens (including phenoxy) is 2. The lowest BCUT2D eigenvalue weighted by atomic mass is 10.1. The first kappa shape index (κ1) is 12.7. The maximum absolute atomic E-state index is 10.9. The van der Waals surface area contributed by atoms with Gasteiger partial charge in [-0.1, -0.05) is 0 Å². The van der Waals surface area contributed by atoms with Crippen molar-refractivity contribution < 1.29 is 19.4 Å². The van der Waals surface area contributed by atoms with Crippen molar-refractivity contribution in [1.29, 1.82) is 0 Å². The molecule has 0 saturated carbocycles. The molecule has 1 atom stereocenters. The van der Waals surface area contributed by atoms with Gasteiger partial charge in [0.25, 0.3) is 0 Å². The van der Waals surface area contributed by atoms with Gasteiger partial charge in [0.1, 0.15) is 0 Å². The summed E-state index contributed by atoms with van der Waals surface area (Å²) in [6.07, 6.45) is -0.00965. The van der Waals surface area contributed by atoms with Gasteiger partial charge in [0.05, 0.1) is 31.5 Å². The zero-order valence-electron chi connectivity index (χ0n) is 9.89. The van der Waals surface area contributed by atoms with Crippen LogP contribution in [0.4, 0.5) is 11.4 Å². The maximum Gasteiger partial charge on any atom is 0.337 e. The van der Waals surface area contributed by atoms with Crippen molar-refractivity contribution in [3.8, 4) is 0 Å². The molecular formula is C12H16N2O4. The van der Waals surface area contributed by atoms with Gasteiger partial charge < -0.3 is 25.6 Å². The van der Waals surface area contributed by atoms with Crippen LogP contribution in [0.25, 0.3) is 0 Å². The highest BCUT2D eigenvalue weighted by molar-refractivity contribution is 5.94. The highest BCUT2D eigenvalue weighted by Crippen LogP contribution is 2.18. The number of rotatable bonds is 4. The second-order valence-electron chi connectivity index (χ2n) is 4.06. The summed E-state index contributed by atoms with van der Waals surface area (Å²) in [5, 5.41) is 12.1. The molecule has 0 spiro atoms. The molecule has 0 radical (unpaired) electrons. The molecule has 98 valence electrons. The highest BCUT2D eigenvalue weighted by Gasteiger charge is 2.14. The Bertz CT molecular complexity index is 430. The number of nitrogen functional groups attached to an aromatic ring is 1. The van der Waals surface area contributed by atoms with Gasteiger partial charge in [-0.25, -0.2) is 4.79 Å². The summed E-state index contributed by atoms with van der Waals surface area (Å²) < 4.78 is 10.7. The molecule has 18 heavy (non-hydrogen) atoms. The SMILES string of the molecule is Nc1ccc(NCC2COCCO2)cc1C(=O)O. The minimum absolute atomic E-state index is 0.00965. The molecular weight excluding hydrogens is 236 g/mol. The van der Waals surface area contributed by atoms with Crippen molar-refractivity contribution in [3.63, 3.8) is 0 Å². The number of carboxylic acids is 1. The van der Waals surface area contributed by atoms with E-state index in [0.29, 0.717) is 32.1 Å². The average molecular weight is 252 g/mol. The number of carbonyl (C=O) groups is 1. The van der Waals surface area contributed by atoms with E-state index in [1.807, 2.05) is 0 Å². The molecule has 1 aromatic carbocycles. The molecule has 6 heteroatoms. The van der Waals surface area contributed by atoms with Crippen molar-refractivity contribution in [1.82, 2.24) is 0 Å². The lowest BCUT2D eigenvalue weighted by Crippen LogP contribution is -2.34. The molecule has 4 N–H and O–H groups in total. The van der Waals surface area contributed by atoms with E-state index < -0.39 is 5.97 Å². The third-order valence-electron chi connectivity index (χ3n) is 2.70. The van der Waals surface area contributed by atoms with Crippen molar-refractivity contribution in [2.24, 2.45) is 0 Å². The number of carboxylic acid groups (broad SMARTS) is 1. The summed E-state index contributed by atoms with van der Waals surface area (Å²) in [6.45, 7) is 2.34. The molecule has 1 aromatic rings. The molecule has 1 unspecified atom stereocenters. The number of hydrogen-bond donors (Lipinski definition) is 3. The molecule has 0 aliphatic carbocycles. The first-order chi connectivity index (χ1) is 8.66. The van der Waals surface area contributed by atoms with E-state index in [0.717, 1.165) is 0 Å². The fourth-order valence-corrected chi connectivity index (χ4v) is 1.74. The topological polar surface area (TPSA) is 93.8 Å². The van der Waals surface area contributed by atoms with E-state index in [1.165, 1.54) is 6.07 Å². The normalized spacial score (nSPS) is 19.4. The Morgan fingerprint density at radius 2 is 2.33 bits per heavy atom. The van der Waals surface area contributed by atoms with E-state index in [2.05, 4.69) is 5.32 Å². The lowest BCUT2D eigenvalue weighted by Gasteiger charge is -2.23. The van der Waals surface area contributed by atoms with Crippen LogP contribution in [0, 0.1) is 0 Å². The minimum Gasteiger partial charge on any atom is -0.478 e. The summed E-state index contributed by atoms with van der Waals surface area (Å²) in [7, 11) is 0. The molecule has 1 fully saturated rings. The van der Waals surface area contributed by atoms with E-state index in [9.17, 15) is 4.79 Å². The molecule has 0 bridgehead atoms. The Morgan fingerprint density at radius 1 is 1.50 bits per heavy atom. The summed E-state index contributed by atoms with van der Waals surface area (Å²) in [4.78, 5) is 10.9. The third kappa shape index (κ3) is 3.12. The van der Waals surface area contributed by atoms with E-state index in [-0.39, 0.29) is 17.4 Å². The zero-order chi connectivity index (χ0) is 13.0. The van der Waals surface area contributed by atoms with Gasteiger partial charge in [0, 0.05) is 17.9 Å². The molecule has 1 aliphatic rings. The standard InChI is InChI=1S/C12H16N2O4/c13-11-2-1-8(5-10(11)12(15)16)14-6-9-7-17-3-4-18-9/h1-2,5,9,14H,3-4,6-7,13H2,(H,15,16). The van der Waals surface area contributed by atoms with Gasteiger partial charge in [0.2, 0.25) is 0 Å². The van der Waals surface area contributed by atoms with Gasteiger partial charge in [-0.05, 0) is 18.2 Å². The van der Waals surface area contributed by atoms with Gasteiger partial charge in [-0.2, -0.15) is 0 Å². The van der Waals surface area contributed by atoms with Crippen LogP contribution in [-0.4, -0.2) is 43.5 Å². The highest BCUT2D eigenvalue weighted by atomic mass is 16.6. The Balaban J connectivity index is 1.96. The van der Waals surface area contributed by atoms with Gasteiger partial charge in [-0.15, -0.1) is 0 Å². The Hall–Kier alpha value is -1.79. The fourth-order valence-electron chi connectivity index (χ4n) is 1.74.